The molecular weight excluding hydrogens is 443 g/mol. The fourth-order valence-electron chi connectivity index (χ4n) is 4.74. The summed E-state index contributed by atoms with van der Waals surface area (Å²) in [4.78, 5) is 0. The van der Waals surface area contributed by atoms with Crippen LogP contribution in [0.25, 0.3) is 32.7 Å². The molecule has 0 saturated heterocycles. The highest BCUT2D eigenvalue weighted by atomic mass is 31.2. The Hall–Kier alpha value is -3.59. The standard InChI is InChI=1S/C29H23O4P/c1-19-11-13-22(14-12-19)29(31-2)34(30)32-25-17-15-20-7-3-5-9-23(20)27(25)28-24-10-6-4-8-21(24)16-18-26(28)33-34/h3-18,29H,1-2H3. The van der Waals surface area contributed by atoms with Crippen LogP contribution in [-0.2, 0) is 9.30 Å². The van der Waals surface area contributed by atoms with Crippen LogP contribution in [0.4, 0.5) is 0 Å². The molecule has 1 heterocycles. The minimum atomic E-state index is -3.85. The molecule has 5 aromatic carbocycles. The molecule has 1 atom stereocenters. The van der Waals surface area contributed by atoms with Crippen LogP contribution in [0, 0.1) is 6.92 Å². The van der Waals surface area contributed by atoms with E-state index in [1.54, 1.807) is 0 Å². The second-order valence-corrected chi connectivity index (χ2v) is 10.5. The molecule has 0 fully saturated rings. The summed E-state index contributed by atoms with van der Waals surface area (Å²) in [5, 5.41) is 4.17. The van der Waals surface area contributed by atoms with Crippen molar-refractivity contribution < 1.29 is 18.3 Å². The Labute approximate surface area is 198 Å². The number of rotatable bonds is 3. The van der Waals surface area contributed by atoms with Crippen LogP contribution in [-0.4, -0.2) is 7.11 Å². The molecular formula is C29H23O4P. The molecule has 5 heteroatoms. The van der Waals surface area contributed by atoms with Gasteiger partial charge in [-0.2, -0.15) is 0 Å². The number of hydrogen-bond acceptors (Lipinski definition) is 4. The first-order chi connectivity index (χ1) is 16.6. The molecule has 0 radical (unpaired) electrons. The van der Waals surface area contributed by atoms with E-state index in [4.69, 9.17) is 13.8 Å². The summed E-state index contributed by atoms with van der Waals surface area (Å²) in [5.41, 5.74) is 3.60. The molecule has 168 valence electrons. The van der Waals surface area contributed by atoms with Gasteiger partial charge in [0.05, 0.1) is 0 Å². The maximum absolute atomic E-state index is 14.5. The largest absolute Gasteiger partial charge is 0.463 e. The molecule has 1 aliphatic rings. The normalized spacial score (nSPS) is 15.0. The average molecular weight is 466 g/mol. The summed E-state index contributed by atoms with van der Waals surface area (Å²) in [5.74, 6) is 0.155. The van der Waals surface area contributed by atoms with Gasteiger partial charge in [0.25, 0.3) is 0 Å². The number of aryl methyl sites for hydroxylation is 1. The number of methoxy groups -OCH3 is 1. The molecule has 0 aromatic heterocycles. The predicted molar refractivity (Wildman–Crippen MR) is 137 cm³/mol. The maximum atomic E-state index is 14.5. The van der Waals surface area contributed by atoms with Crippen LogP contribution in [0.3, 0.4) is 0 Å². The Morgan fingerprint density at radius 1 is 0.676 bits per heavy atom. The third-order valence-electron chi connectivity index (χ3n) is 6.36. The van der Waals surface area contributed by atoms with Crippen LogP contribution in [0.2, 0.25) is 0 Å². The second kappa shape index (κ2) is 8.02. The number of ether oxygens (including phenoxy) is 1. The highest BCUT2D eigenvalue weighted by Crippen LogP contribution is 2.65. The summed E-state index contributed by atoms with van der Waals surface area (Å²) in [6.07, 6.45) is 0. The highest BCUT2D eigenvalue weighted by molar-refractivity contribution is 7.55. The van der Waals surface area contributed by atoms with Crippen LogP contribution < -0.4 is 9.05 Å². The Morgan fingerprint density at radius 2 is 1.18 bits per heavy atom. The van der Waals surface area contributed by atoms with E-state index in [0.29, 0.717) is 11.5 Å². The van der Waals surface area contributed by atoms with Crippen LogP contribution in [0.15, 0.2) is 97.1 Å². The smallest absolute Gasteiger partial charge is 0.413 e. The third-order valence-corrected chi connectivity index (χ3v) is 8.34. The minimum Gasteiger partial charge on any atom is -0.413 e. The van der Waals surface area contributed by atoms with Crippen molar-refractivity contribution in [1.29, 1.82) is 0 Å². The number of hydrogen-bond donors (Lipinski definition) is 0. The first-order valence-corrected chi connectivity index (χ1v) is 12.8. The first kappa shape index (κ1) is 21.0. The topological polar surface area (TPSA) is 44.8 Å². The zero-order valence-electron chi connectivity index (χ0n) is 18.9. The van der Waals surface area contributed by atoms with Crippen molar-refractivity contribution in [2.24, 2.45) is 0 Å². The van der Waals surface area contributed by atoms with Gasteiger partial charge in [0.15, 0.2) is 0 Å². The lowest BCUT2D eigenvalue weighted by molar-refractivity contribution is 0.142. The molecule has 1 aliphatic heterocycles. The van der Waals surface area contributed by atoms with Gasteiger partial charge in [-0.1, -0.05) is 90.5 Å². The lowest BCUT2D eigenvalue weighted by Crippen LogP contribution is -2.11. The maximum Gasteiger partial charge on any atom is 0.463 e. The minimum absolute atomic E-state index is 0.520. The van der Waals surface area contributed by atoms with E-state index in [9.17, 15) is 4.57 Å². The van der Waals surface area contributed by atoms with Crippen LogP contribution >= 0.6 is 7.60 Å². The van der Waals surface area contributed by atoms with Gasteiger partial charge < -0.3 is 13.8 Å². The second-order valence-electron chi connectivity index (χ2n) is 8.54. The Morgan fingerprint density at radius 3 is 1.68 bits per heavy atom. The van der Waals surface area contributed by atoms with Gasteiger partial charge in [-0.3, -0.25) is 0 Å². The molecule has 0 amide bonds. The third kappa shape index (κ3) is 3.30. The number of benzene rings is 5. The van der Waals surface area contributed by atoms with Crippen molar-refractivity contribution in [1.82, 2.24) is 0 Å². The van der Waals surface area contributed by atoms with E-state index in [0.717, 1.165) is 43.8 Å². The SMILES string of the molecule is COC(c1ccc(C)cc1)P1(=O)Oc2ccc3ccccc3c2-c2c(ccc3ccccc23)O1. The van der Waals surface area contributed by atoms with Crippen molar-refractivity contribution in [2.75, 3.05) is 7.11 Å². The van der Waals surface area contributed by atoms with Crippen molar-refractivity contribution in [2.45, 2.75) is 12.8 Å². The van der Waals surface area contributed by atoms with Crippen molar-refractivity contribution in [3.63, 3.8) is 0 Å². The summed E-state index contributed by atoms with van der Waals surface area (Å²) >= 11 is 0. The zero-order valence-corrected chi connectivity index (χ0v) is 19.8. The van der Waals surface area contributed by atoms with E-state index in [1.165, 1.54) is 7.11 Å². The van der Waals surface area contributed by atoms with Gasteiger partial charge in [0.2, 0.25) is 5.85 Å². The van der Waals surface area contributed by atoms with E-state index >= 15 is 0 Å². The molecule has 0 spiro atoms. The summed E-state index contributed by atoms with van der Waals surface area (Å²) < 4.78 is 32.9. The summed E-state index contributed by atoms with van der Waals surface area (Å²) in [6.45, 7) is 2.01. The molecule has 0 bridgehead atoms. The Kier molecular flexibility index (Phi) is 4.95. The van der Waals surface area contributed by atoms with Gasteiger partial charge in [-0.25, -0.2) is 4.57 Å². The Balaban J connectivity index is 1.66. The Bertz CT molecular complexity index is 1500. The van der Waals surface area contributed by atoms with Gasteiger partial charge in [0.1, 0.15) is 11.5 Å². The van der Waals surface area contributed by atoms with Gasteiger partial charge in [0, 0.05) is 18.2 Å². The fraction of sp³-hybridized carbons (Fsp3) is 0.103. The average Bonchev–Trinajstić information content (AvgIpc) is 2.99. The highest BCUT2D eigenvalue weighted by Gasteiger charge is 2.44. The van der Waals surface area contributed by atoms with Gasteiger partial charge >= 0.3 is 7.60 Å². The van der Waals surface area contributed by atoms with Crippen molar-refractivity contribution >= 4 is 29.1 Å². The van der Waals surface area contributed by atoms with Crippen molar-refractivity contribution in [3.05, 3.63) is 108 Å². The molecule has 34 heavy (non-hydrogen) atoms. The van der Waals surface area contributed by atoms with E-state index < -0.39 is 13.4 Å². The molecule has 0 aliphatic carbocycles. The summed E-state index contributed by atoms with van der Waals surface area (Å²) in [7, 11) is -2.31. The molecule has 4 nitrogen and oxygen atoms in total. The lowest BCUT2D eigenvalue weighted by Gasteiger charge is -2.25. The van der Waals surface area contributed by atoms with E-state index in [-0.39, 0.29) is 0 Å². The van der Waals surface area contributed by atoms with E-state index in [2.05, 4.69) is 24.3 Å². The first-order valence-electron chi connectivity index (χ1n) is 11.2. The van der Waals surface area contributed by atoms with Crippen molar-refractivity contribution in [3.8, 4) is 22.6 Å². The fourth-order valence-corrected chi connectivity index (χ4v) is 6.62. The van der Waals surface area contributed by atoms with Crippen LogP contribution in [0.1, 0.15) is 17.0 Å². The summed E-state index contributed by atoms with van der Waals surface area (Å²) in [6, 6.07) is 31.8. The van der Waals surface area contributed by atoms with Crippen LogP contribution in [0.5, 0.6) is 11.5 Å². The predicted octanol–water partition coefficient (Wildman–Crippen LogP) is 8.28. The molecule has 1 unspecified atom stereocenters. The number of fused-ring (bicyclic) bond motifs is 7. The molecule has 6 rings (SSSR count). The van der Waals surface area contributed by atoms with E-state index in [1.807, 2.05) is 79.7 Å². The molecule has 0 saturated carbocycles. The monoisotopic (exact) mass is 466 g/mol. The quantitative estimate of drug-likeness (QED) is 0.251. The van der Waals surface area contributed by atoms with Gasteiger partial charge in [-0.15, -0.1) is 0 Å². The van der Waals surface area contributed by atoms with Gasteiger partial charge in [-0.05, 0) is 46.2 Å². The zero-order chi connectivity index (χ0) is 23.3. The molecule has 5 aromatic rings. The lowest BCUT2D eigenvalue weighted by atomic mass is 9.92. The molecule has 0 N–H and O–H groups in total.